The van der Waals surface area contributed by atoms with Gasteiger partial charge >= 0.3 is 5.97 Å². The number of esters is 1. The van der Waals surface area contributed by atoms with Gasteiger partial charge in [0.1, 0.15) is 4.88 Å². The molecule has 0 aliphatic heterocycles. The fourth-order valence-corrected chi connectivity index (χ4v) is 3.59. The number of nitrogens with zero attached hydrogens (tertiary/aromatic N) is 2. The van der Waals surface area contributed by atoms with Crippen LogP contribution in [-0.2, 0) is 16.0 Å². The highest BCUT2D eigenvalue weighted by atomic mass is 32.1. The Bertz CT molecular complexity index is 808. The second-order valence-electron chi connectivity index (χ2n) is 5.83. The molecule has 1 amide bonds. The Labute approximate surface area is 157 Å². The third-order valence-corrected chi connectivity index (χ3v) is 5.09. The van der Waals surface area contributed by atoms with Gasteiger partial charge < -0.3 is 9.64 Å². The van der Waals surface area contributed by atoms with Gasteiger partial charge in [0.15, 0.2) is 6.10 Å². The molecule has 0 aliphatic rings. The van der Waals surface area contributed by atoms with Crippen molar-refractivity contribution in [2.45, 2.75) is 39.7 Å². The van der Waals surface area contributed by atoms with Crippen LogP contribution in [0, 0.1) is 18.3 Å². The first-order valence-corrected chi connectivity index (χ1v) is 9.33. The molecule has 26 heavy (non-hydrogen) atoms. The van der Waals surface area contributed by atoms with Crippen molar-refractivity contribution in [2.75, 3.05) is 11.4 Å². The van der Waals surface area contributed by atoms with Crippen molar-refractivity contribution in [3.8, 4) is 6.07 Å². The van der Waals surface area contributed by atoms with E-state index in [2.05, 4.69) is 0 Å². The predicted molar refractivity (Wildman–Crippen MR) is 102 cm³/mol. The van der Waals surface area contributed by atoms with Crippen LogP contribution in [0.3, 0.4) is 0 Å². The smallest absolute Gasteiger partial charge is 0.349 e. The number of amides is 1. The van der Waals surface area contributed by atoms with E-state index in [1.165, 1.54) is 16.2 Å². The summed E-state index contributed by atoms with van der Waals surface area (Å²) >= 11 is 1.38. The number of hydrogen-bond donors (Lipinski definition) is 0. The maximum Gasteiger partial charge on any atom is 0.349 e. The summed E-state index contributed by atoms with van der Waals surface area (Å²) in [5.41, 5.74) is 1.79. The summed E-state index contributed by atoms with van der Waals surface area (Å²) in [6.07, 6.45) is 0.111. The molecule has 0 N–H and O–H groups in total. The Kier molecular flexibility index (Phi) is 6.93. The van der Waals surface area contributed by atoms with Gasteiger partial charge in [0.2, 0.25) is 0 Å². The zero-order chi connectivity index (χ0) is 19.1. The number of rotatable bonds is 7. The Balaban J connectivity index is 2.12. The Morgan fingerprint density at radius 1 is 1.31 bits per heavy atom. The van der Waals surface area contributed by atoms with Crippen LogP contribution < -0.4 is 4.90 Å². The van der Waals surface area contributed by atoms with E-state index in [4.69, 9.17) is 10.00 Å². The first-order chi connectivity index (χ1) is 12.5. The number of carbonyl (C=O) groups is 2. The van der Waals surface area contributed by atoms with Crippen molar-refractivity contribution >= 4 is 28.9 Å². The molecule has 0 radical (unpaired) electrons. The van der Waals surface area contributed by atoms with E-state index in [1.807, 2.05) is 44.2 Å². The van der Waals surface area contributed by atoms with E-state index in [0.717, 1.165) is 16.9 Å². The molecule has 0 spiro atoms. The summed E-state index contributed by atoms with van der Waals surface area (Å²) in [6.45, 7) is 5.81. The summed E-state index contributed by atoms with van der Waals surface area (Å²) in [6, 6.07) is 12.9. The molecule has 1 heterocycles. The average molecular weight is 370 g/mol. The van der Waals surface area contributed by atoms with E-state index in [9.17, 15) is 9.59 Å². The van der Waals surface area contributed by atoms with Gasteiger partial charge in [-0.15, -0.1) is 11.3 Å². The number of hydrogen-bond acceptors (Lipinski definition) is 5. The third-order valence-electron chi connectivity index (χ3n) is 4.02. The van der Waals surface area contributed by atoms with E-state index >= 15 is 0 Å². The minimum Gasteiger partial charge on any atom is -0.448 e. The van der Waals surface area contributed by atoms with Crippen molar-refractivity contribution in [2.24, 2.45) is 0 Å². The third kappa shape index (κ3) is 4.70. The summed E-state index contributed by atoms with van der Waals surface area (Å²) in [7, 11) is 0. The number of anilines is 1. The van der Waals surface area contributed by atoms with Crippen LogP contribution in [0.15, 0.2) is 36.4 Å². The van der Waals surface area contributed by atoms with Crippen LogP contribution in [-0.4, -0.2) is 24.5 Å². The Hall–Kier alpha value is -2.65. The molecule has 0 aliphatic carbocycles. The highest BCUT2D eigenvalue weighted by molar-refractivity contribution is 7.14. The van der Waals surface area contributed by atoms with E-state index in [0.29, 0.717) is 10.6 Å². The lowest BCUT2D eigenvalue weighted by molar-refractivity contribution is -0.126. The first kappa shape index (κ1) is 19.7. The number of carbonyl (C=O) groups excluding carboxylic acids is 2. The second kappa shape index (κ2) is 9.16. The molecule has 1 atom stereocenters. The van der Waals surface area contributed by atoms with Crippen molar-refractivity contribution in [1.82, 2.24) is 0 Å². The molecule has 136 valence electrons. The highest BCUT2D eigenvalue weighted by Gasteiger charge is 2.26. The van der Waals surface area contributed by atoms with Crippen LogP contribution >= 0.6 is 11.3 Å². The first-order valence-electron chi connectivity index (χ1n) is 8.51. The van der Waals surface area contributed by atoms with E-state index in [-0.39, 0.29) is 18.9 Å². The molecule has 0 bridgehead atoms. The molecular formula is C20H22N2O3S. The van der Waals surface area contributed by atoms with Crippen LogP contribution in [0.2, 0.25) is 0 Å². The predicted octanol–water partition coefficient (Wildman–Crippen LogP) is 4.11. The van der Waals surface area contributed by atoms with Gasteiger partial charge in [-0.2, -0.15) is 5.26 Å². The molecule has 5 nitrogen and oxygen atoms in total. The molecule has 0 fully saturated rings. The van der Waals surface area contributed by atoms with Crippen LogP contribution in [0.5, 0.6) is 0 Å². The fourth-order valence-electron chi connectivity index (χ4n) is 2.60. The lowest BCUT2D eigenvalue weighted by atomic mass is 10.2. The minimum absolute atomic E-state index is 0.200. The van der Waals surface area contributed by atoms with E-state index in [1.54, 1.807) is 19.1 Å². The van der Waals surface area contributed by atoms with Gasteiger partial charge in [0, 0.05) is 17.1 Å². The van der Waals surface area contributed by atoms with E-state index < -0.39 is 12.1 Å². The molecule has 6 heteroatoms. The number of aryl methyl sites for hydroxylation is 2. The normalized spacial score (nSPS) is 11.5. The Morgan fingerprint density at radius 3 is 2.58 bits per heavy atom. The zero-order valence-electron chi connectivity index (χ0n) is 15.2. The monoisotopic (exact) mass is 370 g/mol. The Morgan fingerprint density at radius 2 is 2.00 bits per heavy atom. The van der Waals surface area contributed by atoms with Gasteiger partial charge in [-0.25, -0.2) is 4.79 Å². The lowest BCUT2D eigenvalue weighted by Gasteiger charge is -2.25. The van der Waals surface area contributed by atoms with Crippen LogP contribution in [0.4, 0.5) is 5.69 Å². The van der Waals surface area contributed by atoms with Gasteiger partial charge in [-0.05, 0) is 44.0 Å². The summed E-state index contributed by atoms with van der Waals surface area (Å²) in [4.78, 5) is 28.2. The number of benzene rings is 1. The van der Waals surface area contributed by atoms with Gasteiger partial charge in [0.25, 0.3) is 5.91 Å². The second-order valence-corrected chi connectivity index (χ2v) is 7.08. The topological polar surface area (TPSA) is 70.4 Å². The molecule has 1 unspecified atom stereocenters. The summed E-state index contributed by atoms with van der Waals surface area (Å²) in [5, 5.41) is 8.86. The molecule has 1 aromatic carbocycles. The standard InChI is InChI=1S/C20H22N2O3S/c1-4-16-13-18(26-15(16)3)20(24)25-14(2)19(23)22(12-8-11-21)17-9-6-5-7-10-17/h5-7,9-10,13-14H,4,8,12H2,1-3H3. The molecule has 1 aromatic heterocycles. The maximum absolute atomic E-state index is 12.8. The number of ether oxygens (including phenoxy) is 1. The van der Waals surface area contributed by atoms with Gasteiger partial charge in [0.05, 0.1) is 12.5 Å². The molecular weight excluding hydrogens is 348 g/mol. The van der Waals surface area contributed by atoms with Crippen LogP contribution in [0.25, 0.3) is 0 Å². The maximum atomic E-state index is 12.8. The van der Waals surface area contributed by atoms with Gasteiger partial charge in [-0.3, -0.25) is 4.79 Å². The molecule has 2 aromatic rings. The SMILES string of the molecule is CCc1cc(C(=O)OC(C)C(=O)N(CCC#N)c2ccccc2)sc1C. The van der Waals surface area contributed by atoms with Crippen molar-refractivity contribution in [1.29, 1.82) is 5.26 Å². The van der Waals surface area contributed by atoms with Crippen molar-refractivity contribution in [3.05, 3.63) is 51.7 Å². The zero-order valence-corrected chi connectivity index (χ0v) is 16.0. The van der Waals surface area contributed by atoms with Crippen molar-refractivity contribution < 1.29 is 14.3 Å². The fraction of sp³-hybridized carbons (Fsp3) is 0.350. The number of para-hydroxylation sites is 1. The quantitative estimate of drug-likeness (QED) is 0.688. The van der Waals surface area contributed by atoms with Crippen LogP contribution in [0.1, 0.15) is 40.4 Å². The highest BCUT2D eigenvalue weighted by Crippen LogP contribution is 2.23. The summed E-state index contributed by atoms with van der Waals surface area (Å²) < 4.78 is 5.39. The largest absolute Gasteiger partial charge is 0.448 e. The van der Waals surface area contributed by atoms with Gasteiger partial charge in [-0.1, -0.05) is 25.1 Å². The molecule has 2 rings (SSSR count). The lowest BCUT2D eigenvalue weighted by Crippen LogP contribution is -2.40. The molecule has 0 saturated heterocycles. The summed E-state index contributed by atoms with van der Waals surface area (Å²) in [5.74, 6) is -0.837. The molecule has 0 saturated carbocycles. The number of thiophene rings is 1. The number of nitriles is 1. The average Bonchev–Trinajstić information content (AvgIpc) is 3.03. The van der Waals surface area contributed by atoms with Crippen molar-refractivity contribution in [3.63, 3.8) is 0 Å². The minimum atomic E-state index is -0.936.